The maximum absolute atomic E-state index is 5.95. The standard InChI is InChI=1S/C83H158N18/c1-33-36-43-97(61-48-72(4,5)90-73(6,7)49-61)67-84-66(92(28)60-52-76(12,13)93(29)77(14,15)53-60)85-68(86-67)100(64-56-80(20,21)95(31)81(22,23)57-64)46-41-39-40-42-47-101(65-58-82(24,25)96(32)83(26,27)59-65)71-88-69(98(44-37-34-2)62-50-74(8,9)91-75(10,11)51-62)87-70(89-71)99(45-38-35-3)63-54-78(16,17)94(30)79(18,19)55-63/h60-65,90-91H,33-59H2,1-32H3. The molecular formula is C83H158N18. The molecule has 8 heterocycles. The van der Waals surface area contributed by atoms with E-state index in [-0.39, 0.29) is 103 Å². The number of rotatable bonds is 28. The zero-order valence-electron chi connectivity index (χ0n) is 71.7. The Bertz CT molecular complexity index is 2910. The van der Waals surface area contributed by atoms with Crippen LogP contribution in [-0.2, 0) is 0 Å². The first-order chi connectivity index (χ1) is 46.3. The van der Waals surface area contributed by atoms with Gasteiger partial charge in [0, 0.05) is 142 Å². The van der Waals surface area contributed by atoms with Crippen molar-refractivity contribution in [3.63, 3.8) is 0 Å². The quantitative estimate of drug-likeness (QED) is 0.0782. The fraction of sp³-hybridized carbons (Fsp3) is 0.928. The minimum absolute atomic E-state index is 0.000901. The van der Waals surface area contributed by atoms with E-state index < -0.39 is 0 Å². The molecule has 0 unspecified atom stereocenters. The maximum atomic E-state index is 5.95. The van der Waals surface area contributed by atoms with Crippen LogP contribution in [0.1, 0.15) is 328 Å². The third-order valence-corrected chi connectivity index (χ3v) is 26.8. The number of anilines is 6. The van der Waals surface area contributed by atoms with E-state index in [0.717, 1.165) is 210 Å². The van der Waals surface area contributed by atoms with Crippen molar-refractivity contribution in [2.24, 2.45) is 0 Å². The van der Waals surface area contributed by atoms with Crippen LogP contribution in [0.25, 0.3) is 0 Å². The third kappa shape index (κ3) is 19.7. The summed E-state index contributed by atoms with van der Waals surface area (Å²) < 4.78 is 0. The molecule has 0 spiro atoms. The number of nitrogens with one attached hydrogen (secondary N) is 2. The van der Waals surface area contributed by atoms with Crippen LogP contribution >= 0.6 is 0 Å². The summed E-state index contributed by atoms with van der Waals surface area (Å²) in [5, 5.41) is 8.05. The highest BCUT2D eigenvalue weighted by Crippen LogP contribution is 2.47. The number of nitrogens with zero attached hydrogens (tertiary/aromatic N) is 16. The van der Waals surface area contributed by atoms with Gasteiger partial charge < -0.3 is 40.0 Å². The molecule has 6 aliphatic rings. The number of hydrogen-bond donors (Lipinski definition) is 2. The molecule has 0 atom stereocenters. The minimum atomic E-state index is -0.0460. The van der Waals surface area contributed by atoms with Crippen molar-refractivity contribution in [1.82, 2.24) is 60.1 Å². The zero-order valence-corrected chi connectivity index (χ0v) is 71.7. The normalized spacial score (nSPS) is 25.4. The molecule has 2 aromatic heterocycles. The van der Waals surface area contributed by atoms with Gasteiger partial charge in [-0.25, -0.2) is 0 Å². The number of likely N-dealkylation sites (tertiary alicyclic amines) is 4. The lowest BCUT2D eigenvalue weighted by Crippen LogP contribution is -2.63. The van der Waals surface area contributed by atoms with Crippen LogP contribution in [0.4, 0.5) is 35.7 Å². The Balaban J connectivity index is 1.21. The first-order valence-electron chi connectivity index (χ1n) is 40.9. The maximum Gasteiger partial charge on any atom is 0.232 e. The van der Waals surface area contributed by atoms with Gasteiger partial charge in [0.05, 0.1) is 0 Å². The summed E-state index contributed by atoms with van der Waals surface area (Å²) in [6, 6.07) is 1.53. The lowest BCUT2D eigenvalue weighted by atomic mass is 9.77. The molecule has 6 saturated heterocycles. The molecule has 0 bridgehead atoms. The third-order valence-electron chi connectivity index (χ3n) is 26.8. The van der Waals surface area contributed by atoms with Crippen molar-refractivity contribution < 1.29 is 0 Å². The van der Waals surface area contributed by atoms with Crippen LogP contribution in [0.3, 0.4) is 0 Å². The molecule has 101 heavy (non-hydrogen) atoms. The molecule has 0 amide bonds. The Hall–Kier alpha value is -3.42. The second-order valence-electron chi connectivity index (χ2n) is 41.4. The second-order valence-corrected chi connectivity index (χ2v) is 41.4. The predicted molar refractivity (Wildman–Crippen MR) is 432 cm³/mol. The van der Waals surface area contributed by atoms with E-state index in [4.69, 9.17) is 29.9 Å². The molecule has 8 rings (SSSR count). The summed E-state index contributed by atoms with van der Waals surface area (Å²) in [4.78, 5) is 61.5. The van der Waals surface area contributed by atoms with Crippen molar-refractivity contribution in [2.45, 2.75) is 431 Å². The van der Waals surface area contributed by atoms with Crippen LogP contribution in [-0.4, -0.2) is 220 Å². The van der Waals surface area contributed by atoms with Crippen LogP contribution < -0.4 is 40.0 Å². The van der Waals surface area contributed by atoms with E-state index >= 15 is 0 Å². The summed E-state index contributed by atoms with van der Waals surface area (Å²) in [5.41, 5.74) is -0.353. The highest BCUT2D eigenvalue weighted by atomic mass is 15.4. The Kier molecular flexibility index (Phi) is 25.3. The van der Waals surface area contributed by atoms with Crippen LogP contribution in [0.15, 0.2) is 0 Å². The first kappa shape index (κ1) is 83.2. The SMILES string of the molecule is CCCCN(c1nc(N(C)C2CC(C)(C)N(C)C(C)(C)C2)nc(N(CCCCCCN(c2nc(N(CCCC)C3CC(C)(C)NC(C)(C)C3)nc(N(CCCC)C3CC(C)(C)N(C)C(C)(C)C3)n2)C2CC(C)(C)N(C)C(C)(C)C2)C2CC(C)(C)N(C)C(C)(C)C2)n1)C1CC(C)(C)NC(C)(C)C1. The Morgan fingerprint density at radius 2 is 0.446 bits per heavy atom. The molecule has 6 aliphatic heterocycles. The molecule has 18 nitrogen and oxygen atoms in total. The van der Waals surface area contributed by atoms with Gasteiger partial charge in [-0.3, -0.25) is 19.6 Å². The van der Waals surface area contributed by atoms with E-state index in [9.17, 15) is 0 Å². The summed E-state index contributed by atoms with van der Waals surface area (Å²) in [6.45, 7) is 69.8. The van der Waals surface area contributed by atoms with Crippen molar-refractivity contribution in [1.29, 1.82) is 0 Å². The molecule has 0 radical (unpaired) electrons. The average molecular weight is 1410 g/mol. The van der Waals surface area contributed by atoms with Gasteiger partial charge in [-0.05, 0) is 304 Å². The summed E-state index contributed by atoms with van der Waals surface area (Å²) >= 11 is 0. The van der Waals surface area contributed by atoms with Gasteiger partial charge in [-0.1, -0.05) is 52.9 Å². The number of piperidine rings is 6. The Morgan fingerprint density at radius 1 is 0.267 bits per heavy atom. The lowest BCUT2D eigenvalue weighted by molar-refractivity contribution is -0.0135. The second kappa shape index (κ2) is 30.7. The van der Waals surface area contributed by atoms with Gasteiger partial charge >= 0.3 is 0 Å². The van der Waals surface area contributed by atoms with Gasteiger partial charge in [0.15, 0.2) is 0 Å². The smallest absolute Gasteiger partial charge is 0.232 e. The monoisotopic (exact) mass is 1410 g/mol. The molecule has 18 heteroatoms. The highest BCUT2D eigenvalue weighted by molar-refractivity contribution is 5.51. The van der Waals surface area contributed by atoms with E-state index in [1.807, 2.05) is 0 Å². The van der Waals surface area contributed by atoms with E-state index in [1.54, 1.807) is 0 Å². The minimum Gasteiger partial charge on any atom is -0.341 e. The lowest BCUT2D eigenvalue weighted by Gasteiger charge is -2.56. The van der Waals surface area contributed by atoms with Crippen LogP contribution in [0, 0.1) is 0 Å². The summed E-state index contributed by atoms with van der Waals surface area (Å²) in [6.07, 6.45) is 23.1. The van der Waals surface area contributed by atoms with Crippen LogP contribution in [0.5, 0.6) is 0 Å². The molecule has 580 valence electrons. The van der Waals surface area contributed by atoms with Crippen molar-refractivity contribution >= 4 is 35.7 Å². The molecule has 2 aromatic rings. The van der Waals surface area contributed by atoms with Gasteiger partial charge in [0.25, 0.3) is 0 Å². The van der Waals surface area contributed by atoms with Crippen molar-refractivity contribution in [3.8, 4) is 0 Å². The average Bonchev–Trinajstić information content (AvgIpc) is 0.763. The van der Waals surface area contributed by atoms with Crippen molar-refractivity contribution in [2.75, 3.05) is 97.4 Å². The number of aromatic nitrogens is 6. The van der Waals surface area contributed by atoms with Crippen molar-refractivity contribution in [3.05, 3.63) is 0 Å². The molecular weight excluding hydrogens is 1250 g/mol. The zero-order chi connectivity index (χ0) is 75.5. The molecule has 2 N–H and O–H groups in total. The first-order valence-corrected chi connectivity index (χ1v) is 40.9. The highest BCUT2D eigenvalue weighted by Gasteiger charge is 2.51. The summed E-state index contributed by atoms with van der Waals surface area (Å²) in [5.74, 6) is 5.12. The largest absolute Gasteiger partial charge is 0.341 e. The summed E-state index contributed by atoms with van der Waals surface area (Å²) in [7, 11) is 11.6. The Morgan fingerprint density at radius 3 is 0.653 bits per heavy atom. The molecule has 0 saturated carbocycles. The number of hydrogen-bond acceptors (Lipinski definition) is 18. The van der Waals surface area contributed by atoms with E-state index in [1.165, 1.54) is 0 Å². The fourth-order valence-corrected chi connectivity index (χ4v) is 21.0. The van der Waals surface area contributed by atoms with E-state index in [0.29, 0.717) is 0 Å². The van der Waals surface area contributed by atoms with Gasteiger partial charge in [-0.15, -0.1) is 0 Å². The molecule has 0 aliphatic carbocycles. The number of unbranched alkanes of at least 4 members (excludes halogenated alkanes) is 6. The van der Waals surface area contributed by atoms with E-state index in [2.05, 4.69) is 282 Å². The van der Waals surface area contributed by atoms with Gasteiger partial charge in [0.1, 0.15) is 0 Å². The van der Waals surface area contributed by atoms with Crippen LogP contribution in [0.2, 0.25) is 0 Å². The molecule has 6 fully saturated rings. The predicted octanol–water partition coefficient (Wildman–Crippen LogP) is 16.4. The topological polar surface area (TPSA) is 134 Å². The van der Waals surface area contributed by atoms with Gasteiger partial charge in [0.2, 0.25) is 35.7 Å². The van der Waals surface area contributed by atoms with Gasteiger partial charge in [-0.2, -0.15) is 29.9 Å². The fourth-order valence-electron chi connectivity index (χ4n) is 21.0. The molecule has 0 aromatic carbocycles. The Labute approximate surface area is 621 Å².